The van der Waals surface area contributed by atoms with Gasteiger partial charge in [-0.25, -0.2) is 0 Å². The molecule has 0 saturated heterocycles. The molecule has 3 nitrogen and oxygen atoms in total. The smallest absolute Gasteiger partial charge is 0.0797 e. The Kier molecular flexibility index (Phi) is 6.00. The third-order valence-corrected chi connectivity index (χ3v) is 2.13. The molecular weight excluding hydrogens is 190 g/mol. The van der Waals surface area contributed by atoms with Gasteiger partial charge in [0.1, 0.15) is 0 Å². The van der Waals surface area contributed by atoms with E-state index in [0.29, 0.717) is 26.4 Å². The van der Waals surface area contributed by atoms with E-state index in [1.54, 1.807) is 0 Å². The van der Waals surface area contributed by atoms with Crippen LogP contribution in [-0.4, -0.2) is 26.4 Å². The van der Waals surface area contributed by atoms with Gasteiger partial charge in [0, 0.05) is 6.54 Å². The molecule has 0 aliphatic carbocycles. The van der Waals surface area contributed by atoms with E-state index >= 15 is 0 Å². The fourth-order valence-corrected chi connectivity index (χ4v) is 1.29. The van der Waals surface area contributed by atoms with Crippen molar-refractivity contribution in [1.29, 1.82) is 0 Å². The maximum atomic E-state index is 5.61. The molecule has 0 amide bonds. The van der Waals surface area contributed by atoms with Gasteiger partial charge >= 0.3 is 0 Å². The zero-order valence-electron chi connectivity index (χ0n) is 9.19. The normalized spacial score (nSPS) is 12.7. The minimum atomic E-state index is 0.118. The molecule has 1 unspecified atom stereocenters. The van der Waals surface area contributed by atoms with Gasteiger partial charge in [0.2, 0.25) is 0 Å². The summed E-state index contributed by atoms with van der Waals surface area (Å²) in [5.74, 6) is 0. The van der Waals surface area contributed by atoms with Crippen molar-refractivity contribution in [2.24, 2.45) is 5.73 Å². The number of nitrogens with two attached hydrogens (primary N) is 1. The molecule has 84 valence electrons. The van der Waals surface area contributed by atoms with E-state index in [4.69, 9.17) is 15.2 Å². The maximum absolute atomic E-state index is 5.61. The summed E-state index contributed by atoms with van der Waals surface area (Å²) in [5, 5.41) is 0. The quantitative estimate of drug-likeness (QED) is 0.696. The van der Waals surface area contributed by atoms with Crippen molar-refractivity contribution in [1.82, 2.24) is 0 Å². The molecule has 0 aliphatic heterocycles. The van der Waals surface area contributed by atoms with Crippen molar-refractivity contribution < 1.29 is 9.47 Å². The van der Waals surface area contributed by atoms with Gasteiger partial charge in [0.15, 0.2) is 0 Å². The average Bonchev–Trinajstić information content (AvgIpc) is 2.30. The Labute approximate surface area is 91.2 Å². The lowest BCUT2D eigenvalue weighted by atomic mass is 10.1. The van der Waals surface area contributed by atoms with Crippen LogP contribution < -0.4 is 5.73 Å². The van der Waals surface area contributed by atoms with Gasteiger partial charge in [-0.2, -0.15) is 0 Å². The van der Waals surface area contributed by atoms with Crippen molar-refractivity contribution >= 4 is 0 Å². The van der Waals surface area contributed by atoms with Gasteiger partial charge in [-0.15, -0.1) is 0 Å². The Morgan fingerprint density at radius 1 is 1.13 bits per heavy atom. The second kappa shape index (κ2) is 7.40. The fourth-order valence-electron chi connectivity index (χ4n) is 1.29. The maximum Gasteiger partial charge on any atom is 0.0797 e. The molecule has 1 aromatic carbocycles. The first-order valence-electron chi connectivity index (χ1n) is 5.29. The Balaban J connectivity index is 2.16. The monoisotopic (exact) mass is 209 g/mol. The number of hydrogen-bond donors (Lipinski definition) is 1. The number of benzene rings is 1. The summed E-state index contributed by atoms with van der Waals surface area (Å²) in [6.07, 6.45) is 0.118. The van der Waals surface area contributed by atoms with Crippen LogP contribution in [0.15, 0.2) is 30.3 Å². The van der Waals surface area contributed by atoms with Gasteiger partial charge in [-0.05, 0) is 12.5 Å². The van der Waals surface area contributed by atoms with E-state index in [1.165, 1.54) is 5.56 Å². The minimum absolute atomic E-state index is 0.118. The molecule has 1 aromatic rings. The van der Waals surface area contributed by atoms with Gasteiger partial charge < -0.3 is 15.2 Å². The van der Waals surface area contributed by atoms with Crippen LogP contribution >= 0.6 is 0 Å². The summed E-state index contributed by atoms with van der Waals surface area (Å²) >= 11 is 0. The Morgan fingerprint density at radius 3 is 2.53 bits per heavy atom. The second-order valence-electron chi connectivity index (χ2n) is 3.32. The molecule has 2 N–H and O–H groups in total. The number of hydrogen-bond acceptors (Lipinski definition) is 3. The van der Waals surface area contributed by atoms with Crippen molar-refractivity contribution in [2.75, 3.05) is 26.4 Å². The molecule has 0 aromatic heterocycles. The van der Waals surface area contributed by atoms with Crippen LogP contribution in [0, 0.1) is 0 Å². The molecule has 3 heteroatoms. The molecule has 1 rings (SSSR count). The first-order valence-corrected chi connectivity index (χ1v) is 5.29. The lowest BCUT2D eigenvalue weighted by Crippen LogP contribution is -2.13. The SMILES string of the molecule is CC(OCCOCCN)c1ccccc1. The van der Waals surface area contributed by atoms with Gasteiger partial charge in [0.05, 0.1) is 25.9 Å². The third-order valence-electron chi connectivity index (χ3n) is 2.13. The summed E-state index contributed by atoms with van der Waals surface area (Å²) in [4.78, 5) is 0. The Morgan fingerprint density at radius 2 is 1.87 bits per heavy atom. The van der Waals surface area contributed by atoms with Gasteiger partial charge in [-0.3, -0.25) is 0 Å². The molecule has 15 heavy (non-hydrogen) atoms. The highest BCUT2D eigenvalue weighted by Crippen LogP contribution is 2.15. The highest BCUT2D eigenvalue weighted by Gasteiger charge is 2.03. The highest BCUT2D eigenvalue weighted by molar-refractivity contribution is 5.16. The average molecular weight is 209 g/mol. The molecule has 1 atom stereocenters. The van der Waals surface area contributed by atoms with Crippen molar-refractivity contribution in [2.45, 2.75) is 13.0 Å². The van der Waals surface area contributed by atoms with E-state index in [-0.39, 0.29) is 6.10 Å². The second-order valence-corrected chi connectivity index (χ2v) is 3.32. The summed E-state index contributed by atoms with van der Waals surface area (Å²) in [5.41, 5.74) is 6.49. The topological polar surface area (TPSA) is 44.5 Å². The summed E-state index contributed by atoms with van der Waals surface area (Å²) in [6.45, 7) is 4.42. The van der Waals surface area contributed by atoms with Crippen molar-refractivity contribution in [3.05, 3.63) is 35.9 Å². The molecule has 0 spiro atoms. The molecular formula is C12H19NO2. The molecule has 0 fully saturated rings. The summed E-state index contributed by atoms with van der Waals surface area (Å²) in [7, 11) is 0. The predicted molar refractivity (Wildman–Crippen MR) is 60.7 cm³/mol. The largest absolute Gasteiger partial charge is 0.378 e. The van der Waals surface area contributed by atoms with Crippen LogP contribution in [0.5, 0.6) is 0 Å². The van der Waals surface area contributed by atoms with E-state index in [1.807, 2.05) is 25.1 Å². The Hall–Kier alpha value is -0.900. The van der Waals surface area contributed by atoms with Gasteiger partial charge in [-0.1, -0.05) is 30.3 Å². The lowest BCUT2D eigenvalue weighted by molar-refractivity contribution is 0.0134. The summed E-state index contributed by atoms with van der Waals surface area (Å²) in [6, 6.07) is 10.2. The molecule has 0 saturated carbocycles. The minimum Gasteiger partial charge on any atom is -0.378 e. The van der Waals surface area contributed by atoms with E-state index < -0.39 is 0 Å². The molecule has 0 heterocycles. The van der Waals surface area contributed by atoms with E-state index in [0.717, 1.165) is 0 Å². The van der Waals surface area contributed by atoms with Crippen LogP contribution in [0.1, 0.15) is 18.6 Å². The van der Waals surface area contributed by atoms with E-state index in [2.05, 4.69) is 12.1 Å². The van der Waals surface area contributed by atoms with Crippen LogP contribution in [0.2, 0.25) is 0 Å². The van der Waals surface area contributed by atoms with Crippen LogP contribution in [0.25, 0.3) is 0 Å². The van der Waals surface area contributed by atoms with Crippen LogP contribution in [0.4, 0.5) is 0 Å². The highest BCUT2D eigenvalue weighted by atomic mass is 16.5. The Bertz CT molecular complexity index is 251. The number of rotatable bonds is 7. The van der Waals surface area contributed by atoms with Crippen LogP contribution in [-0.2, 0) is 9.47 Å². The van der Waals surface area contributed by atoms with E-state index in [9.17, 15) is 0 Å². The molecule has 0 bridgehead atoms. The zero-order chi connectivity index (χ0) is 10.9. The third kappa shape index (κ3) is 4.93. The first-order chi connectivity index (χ1) is 7.34. The first kappa shape index (κ1) is 12.2. The standard InChI is InChI=1S/C12H19NO2/c1-11(12-5-3-2-4-6-12)15-10-9-14-8-7-13/h2-6,11H,7-10,13H2,1H3. The fraction of sp³-hybridized carbons (Fsp3) is 0.500. The predicted octanol–water partition coefficient (Wildman–Crippen LogP) is 1.74. The molecule has 0 aliphatic rings. The van der Waals surface area contributed by atoms with Crippen molar-refractivity contribution in [3.8, 4) is 0 Å². The molecule has 0 radical (unpaired) electrons. The van der Waals surface area contributed by atoms with Crippen molar-refractivity contribution in [3.63, 3.8) is 0 Å². The zero-order valence-corrected chi connectivity index (χ0v) is 9.19. The van der Waals surface area contributed by atoms with Crippen LogP contribution in [0.3, 0.4) is 0 Å². The van der Waals surface area contributed by atoms with Gasteiger partial charge in [0.25, 0.3) is 0 Å². The lowest BCUT2D eigenvalue weighted by Gasteiger charge is -2.13. The summed E-state index contributed by atoms with van der Waals surface area (Å²) < 4.78 is 10.8. The number of ether oxygens (including phenoxy) is 2.